The quantitative estimate of drug-likeness (QED) is 0.612. The van der Waals surface area contributed by atoms with Crippen molar-refractivity contribution >= 4 is 28.6 Å². The van der Waals surface area contributed by atoms with Crippen molar-refractivity contribution in [2.45, 2.75) is 16.2 Å². The maximum atomic E-state index is 11.4. The average molecular weight is 261 g/mol. The Morgan fingerprint density at radius 2 is 1.82 bits per heavy atom. The van der Waals surface area contributed by atoms with Crippen LogP contribution in [0.1, 0.15) is 21.5 Å². The minimum Gasteiger partial charge on any atom is -0.276 e. The zero-order chi connectivity index (χ0) is 11.8. The van der Waals surface area contributed by atoms with Gasteiger partial charge < -0.3 is 0 Å². The van der Waals surface area contributed by atoms with Crippen molar-refractivity contribution in [3.8, 4) is 0 Å². The molecule has 1 aliphatic heterocycles. The Morgan fingerprint density at radius 3 is 2.65 bits per heavy atom. The molecule has 0 amide bonds. The van der Waals surface area contributed by atoms with Crippen LogP contribution in [0, 0.1) is 0 Å². The van der Waals surface area contributed by atoms with E-state index in [4.69, 9.17) is 11.6 Å². The highest BCUT2D eigenvalue weighted by molar-refractivity contribution is 7.99. The summed E-state index contributed by atoms with van der Waals surface area (Å²) in [6.07, 6.45) is 0.785. The van der Waals surface area contributed by atoms with Gasteiger partial charge in [0.05, 0.1) is 0 Å². The Bertz CT molecular complexity index is 607. The van der Waals surface area contributed by atoms with E-state index in [1.807, 2.05) is 24.3 Å². The van der Waals surface area contributed by atoms with Crippen molar-refractivity contribution in [3.63, 3.8) is 0 Å². The van der Waals surface area contributed by atoms with Gasteiger partial charge in [0.15, 0.2) is 0 Å². The highest BCUT2D eigenvalue weighted by Crippen LogP contribution is 2.40. The van der Waals surface area contributed by atoms with E-state index in [1.54, 1.807) is 17.8 Å². The number of fused-ring (bicyclic) bond motifs is 2. The van der Waals surface area contributed by atoms with Crippen LogP contribution in [-0.2, 0) is 6.42 Å². The average Bonchev–Trinajstić information content (AvgIpc) is 2.35. The molecule has 0 spiro atoms. The number of hydrogen-bond acceptors (Lipinski definition) is 2. The first-order valence-corrected chi connectivity index (χ1v) is 6.52. The molecule has 0 saturated heterocycles. The molecule has 84 valence electrons. The lowest BCUT2D eigenvalue weighted by molar-refractivity contribution is 0.108. The van der Waals surface area contributed by atoms with Crippen molar-refractivity contribution in [2.24, 2.45) is 0 Å². The maximum Gasteiger partial charge on any atom is 0.252 e. The predicted octanol–water partition coefficient (Wildman–Crippen LogP) is 4.12. The Hall–Kier alpha value is -1.25. The van der Waals surface area contributed by atoms with Crippen molar-refractivity contribution in [2.75, 3.05) is 0 Å². The van der Waals surface area contributed by atoms with Gasteiger partial charge in [-0.15, -0.1) is 0 Å². The summed E-state index contributed by atoms with van der Waals surface area (Å²) in [5, 5.41) is -0.373. The molecule has 17 heavy (non-hydrogen) atoms. The third kappa shape index (κ3) is 1.88. The zero-order valence-electron chi connectivity index (χ0n) is 8.94. The summed E-state index contributed by atoms with van der Waals surface area (Å²) in [6, 6.07) is 14.0. The van der Waals surface area contributed by atoms with Crippen LogP contribution in [0.5, 0.6) is 0 Å². The van der Waals surface area contributed by atoms with Crippen molar-refractivity contribution < 1.29 is 4.79 Å². The number of carbonyl (C=O) groups is 1. The van der Waals surface area contributed by atoms with Crippen molar-refractivity contribution in [1.29, 1.82) is 0 Å². The summed E-state index contributed by atoms with van der Waals surface area (Å²) in [7, 11) is 0. The fourth-order valence-electron chi connectivity index (χ4n) is 2.09. The second-order valence-electron chi connectivity index (χ2n) is 3.94. The van der Waals surface area contributed by atoms with Crippen LogP contribution >= 0.6 is 23.4 Å². The lowest BCUT2D eigenvalue weighted by Crippen LogP contribution is -2.05. The highest BCUT2D eigenvalue weighted by atomic mass is 35.5. The van der Waals surface area contributed by atoms with Crippen LogP contribution in [0.2, 0.25) is 0 Å². The summed E-state index contributed by atoms with van der Waals surface area (Å²) in [5.41, 5.74) is 2.94. The topological polar surface area (TPSA) is 17.1 Å². The van der Waals surface area contributed by atoms with E-state index in [0.29, 0.717) is 5.56 Å². The predicted molar refractivity (Wildman–Crippen MR) is 70.0 cm³/mol. The minimum absolute atomic E-state index is 0.373. The third-order valence-electron chi connectivity index (χ3n) is 2.90. The first-order chi connectivity index (χ1) is 8.25. The fraction of sp³-hybridized carbons (Fsp3) is 0.0714. The van der Waals surface area contributed by atoms with Gasteiger partial charge in [-0.1, -0.05) is 36.0 Å². The van der Waals surface area contributed by atoms with Gasteiger partial charge in [-0.2, -0.15) is 0 Å². The van der Waals surface area contributed by atoms with Crippen LogP contribution in [-0.4, -0.2) is 5.24 Å². The number of halogens is 1. The molecule has 2 aromatic rings. The highest BCUT2D eigenvalue weighted by Gasteiger charge is 2.20. The standard InChI is InChI=1S/C14H9ClOS/c15-14(16)10-5-3-7-13-11(10)8-9-4-1-2-6-12(9)17-13/h1-7H,8H2. The second-order valence-corrected chi connectivity index (χ2v) is 5.37. The number of rotatable bonds is 1. The van der Waals surface area contributed by atoms with Crippen LogP contribution in [0.15, 0.2) is 52.3 Å². The minimum atomic E-state index is -0.373. The molecule has 0 atom stereocenters. The van der Waals surface area contributed by atoms with Crippen LogP contribution in [0.3, 0.4) is 0 Å². The first-order valence-electron chi connectivity index (χ1n) is 5.33. The Balaban J connectivity index is 2.15. The Labute approximate surface area is 109 Å². The molecule has 0 unspecified atom stereocenters. The Kier molecular flexibility index (Phi) is 2.69. The van der Waals surface area contributed by atoms with Gasteiger partial charge in [0.2, 0.25) is 0 Å². The van der Waals surface area contributed by atoms with E-state index in [2.05, 4.69) is 12.1 Å². The van der Waals surface area contributed by atoms with Gasteiger partial charge in [0.25, 0.3) is 5.24 Å². The fourth-order valence-corrected chi connectivity index (χ4v) is 3.37. The lowest BCUT2D eigenvalue weighted by Gasteiger charge is -2.20. The molecule has 0 saturated carbocycles. The largest absolute Gasteiger partial charge is 0.276 e. The smallest absolute Gasteiger partial charge is 0.252 e. The van der Waals surface area contributed by atoms with Gasteiger partial charge in [0.1, 0.15) is 0 Å². The Morgan fingerprint density at radius 1 is 1.06 bits per heavy atom. The monoisotopic (exact) mass is 260 g/mol. The molecule has 0 bridgehead atoms. The molecule has 1 aliphatic rings. The molecule has 0 N–H and O–H groups in total. The van der Waals surface area contributed by atoms with Crippen LogP contribution in [0.4, 0.5) is 0 Å². The SMILES string of the molecule is O=C(Cl)c1cccc2c1Cc1ccccc1S2. The first kappa shape index (κ1) is 10.9. The maximum absolute atomic E-state index is 11.4. The molecular weight excluding hydrogens is 252 g/mol. The zero-order valence-corrected chi connectivity index (χ0v) is 10.5. The number of carbonyl (C=O) groups excluding carboxylic acids is 1. The molecule has 3 heteroatoms. The summed E-state index contributed by atoms with van der Waals surface area (Å²) < 4.78 is 0. The van der Waals surface area contributed by atoms with Gasteiger partial charge in [-0.05, 0) is 40.9 Å². The van der Waals surface area contributed by atoms with Crippen LogP contribution in [0.25, 0.3) is 0 Å². The number of benzene rings is 2. The number of hydrogen-bond donors (Lipinski definition) is 0. The lowest BCUT2D eigenvalue weighted by atomic mass is 9.99. The molecular formula is C14H9ClOS. The summed E-state index contributed by atoms with van der Waals surface area (Å²) >= 11 is 7.32. The van der Waals surface area contributed by atoms with Gasteiger partial charge >= 0.3 is 0 Å². The molecule has 1 heterocycles. The van der Waals surface area contributed by atoms with E-state index < -0.39 is 0 Å². The van der Waals surface area contributed by atoms with E-state index >= 15 is 0 Å². The summed E-state index contributed by atoms with van der Waals surface area (Å²) in [4.78, 5) is 13.8. The second kappa shape index (κ2) is 4.21. The molecule has 0 aliphatic carbocycles. The normalized spacial score (nSPS) is 12.8. The summed E-state index contributed by atoms with van der Waals surface area (Å²) in [6.45, 7) is 0. The van der Waals surface area contributed by atoms with E-state index in [0.717, 1.165) is 16.9 Å². The van der Waals surface area contributed by atoms with Gasteiger partial charge in [0, 0.05) is 21.8 Å². The van der Waals surface area contributed by atoms with Crippen molar-refractivity contribution in [1.82, 2.24) is 0 Å². The van der Waals surface area contributed by atoms with E-state index in [1.165, 1.54) is 10.5 Å². The molecule has 0 aromatic heterocycles. The molecule has 0 radical (unpaired) electrons. The molecule has 3 rings (SSSR count). The third-order valence-corrected chi connectivity index (χ3v) is 4.33. The van der Waals surface area contributed by atoms with Gasteiger partial charge in [-0.3, -0.25) is 4.79 Å². The van der Waals surface area contributed by atoms with Crippen LogP contribution < -0.4 is 0 Å². The van der Waals surface area contributed by atoms with E-state index in [-0.39, 0.29) is 5.24 Å². The van der Waals surface area contributed by atoms with E-state index in [9.17, 15) is 4.79 Å². The molecule has 1 nitrogen and oxygen atoms in total. The van der Waals surface area contributed by atoms with Crippen molar-refractivity contribution in [3.05, 3.63) is 59.2 Å². The van der Waals surface area contributed by atoms with Gasteiger partial charge in [-0.25, -0.2) is 0 Å². The summed E-state index contributed by atoms with van der Waals surface area (Å²) in [5.74, 6) is 0. The molecule has 2 aromatic carbocycles. The molecule has 0 fully saturated rings.